The molecule has 2 nitrogen and oxygen atoms in total. The van der Waals surface area contributed by atoms with Crippen LogP contribution in [0.2, 0.25) is 0 Å². The van der Waals surface area contributed by atoms with Gasteiger partial charge in [-0.3, -0.25) is 4.79 Å². The summed E-state index contributed by atoms with van der Waals surface area (Å²) < 4.78 is 0. The summed E-state index contributed by atoms with van der Waals surface area (Å²) in [6, 6.07) is 0. The summed E-state index contributed by atoms with van der Waals surface area (Å²) >= 11 is 0. The molecular weight excluding hydrogens is 114 g/mol. The molecular formula is C7H11NO. The van der Waals surface area contributed by atoms with Crippen LogP contribution in [0.1, 0.15) is 6.92 Å². The summed E-state index contributed by atoms with van der Waals surface area (Å²) in [6.07, 6.45) is 2.76. The van der Waals surface area contributed by atoms with Crippen LogP contribution in [0.15, 0.2) is 25.4 Å². The van der Waals surface area contributed by atoms with Crippen LogP contribution in [-0.2, 0) is 4.79 Å². The summed E-state index contributed by atoms with van der Waals surface area (Å²) in [5.41, 5.74) is 0. The molecule has 1 amide bonds. The number of nitrogens with zero attached hydrogens (tertiary/aromatic N) is 1. The first-order valence-corrected chi connectivity index (χ1v) is 2.81. The Labute approximate surface area is 55.5 Å². The van der Waals surface area contributed by atoms with Crippen LogP contribution in [0, 0.1) is 0 Å². The molecule has 2 heteroatoms. The van der Waals surface area contributed by atoms with Gasteiger partial charge in [0.25, 0.3) is 0 Å². The average Bonchev–Trinajstić information content (AvgIpc) is 1.90. The Bertz CT molecular complexity index is 129. The van der Waals surface area contributed by atoms with Crippen LogP contribution >= 0.6 is 0 Å². The Morgan fingerprint density at radius 2 is 2.22 bits per heavy atom. The van der Waals surface area contributed by atoms with Crippen molar-refractivity contribution in [1.82, 2.24) is 4.90 Å². The molecule has 50 valence electrons. The third kappa shape index (κ3) is 2.13. The standard InChI is InChI=1S/C7H11NO/c1-4-7(9)8(5-2)6-3/h4-5H,1-2,6H2,3H3. The molecule has 9 heavy (non-hydrogen) atoms. The van der Waals surface area contributed by atoms with Crippen molar-refractivity contribution in [2.24, 2.45) is 0 Å². The van der Waals surface area contributed by atoms with E-state index in [4.69, 9.17) is 0 Å². The minimum Gasteiger partial charge on any atom is -0.316 e. The molecule has 0 fully saturated rings. The Hall–Kier alpha value is -1.05. The molecule has 0 aliphatic rings. The molecule has 0 aliphatic carbocycles. The summed E-state index contributed by atoms with van der Waals surface area (Å²) in [6.45, 7) is 9.32. The van der Waals surface area contributed by atoms with Gasteiger partial charge in [-0.25, -0.2) is 0 Å². The summed E-state index contributed by atoms with van der Waals surface area (Å²) in [4.78, 5) is 12.2. The van der Waals surface area contributed by atoms with Crippen molar-refractivity contribution < 1.29 is 4.79 Å². The van der Waals surface area contributed by atoms with Gasteiger partial charge >= 0.3 is 0 Å². The fraction of sp³-hybridized carbons (Fsp3) is 0.286. The van der Waals surface area contributed by atoms with Crippen molar-refractivity contribution in [1.29, 1.82) is 0 Å². The van der Waals surface area contributed by atoms with E-state index in [0.29, 0.717) is 6.54 Å². The van der Waals surface area contributed by atoms with E-state index < -0.39 is 0 Å². The van der Waals surface area contributed by atoms with Crippen molar-refractivity contribution in [2.45, 2.75) is 6.92 Å². The number of likely N-dealkylation sites (N-methyl/N-ethyl adjacent to an activating group) is 1. The molecule has 0 unspecified atom stereocenters. The van der Waals surface area contributed by atoms with Gasteiger partial charge in [0.05, 0.1) is 0 Å². The monoisotopic (exact) mass is 125 g/mol. The zero-order valence-corrected chi connectivity index (χ0v) is 5.63. The van der Waals surface area contributed by atoms with Crippen molar-refractivity contribution in [3.63, 3.8) is 0 Å². The van der Waals surface area contributed by atoms with Gasteiger partial charge in [0.1, 0.15) is 0 Å². The summed E-state index contributed by atoms with van der Waals surface area (Å²) in [7, 11) is 0. The van der Waals surface area contributed by atoms with Crippen molar-refractivity contribution in [2.75, 3.05) is 6.54 Å². The SMILES string of the molecule is C=CC(=O)N(C=C)CC. The van der Waals surface area contributed by atoms with Gasteiger partial charge in [-0.05, 0) is 19.2 Å². The van der Waals surface area contributed by atoms with Gasteiger partial charge in [0, 0.05) is 6.54 Å². The molecule has 0 aromatic heterocycles. The Morgan fingerprint density at radius 3 is 2.33 bits per heavy atom. The topological polar surface area (TPSA) is 20.3 Å². The number of rotatable bonds is 3. The van der Waals surface area contributed by atoms with E-state index in [9.17, 15) is 4.79 Å². The largest absolute Gasteiger partial charge is 0.316 e. The molecule has 0 saturated carbocycles. The molecule has 0 bridgehead atoms. The fourth-order valence-electron chi connectivity index (χ4n) is 0.492. The molecule has 0 saturated heterocycles. The maximum atomic E-state index is 10.7. The normalized spacial score (nSPS) is 8.11. The lowest BCUT2D eigenvalue weighted by molar-refractivity contribution is -0.123. The zero-order valence-electron chi connectivity index (χ0n) is 5.63. The van der Waals surface area contributed by atoms with E-state index in [-0.39, 0.29) is 5.91 Å². The van der Waals surface area contributed by atoms with Gasteiger partial charge in [-0.15, -0.1) is 0 Å². The molecule has 0 atom stereocenters. The molecule has 0 rings (SSSR count). The van der Waals surface area contributed by atoms with Gasteiger partial charge in [0.2, 0.25) is 5.91 Å². The third-order valence-electron chi connectivity index (χ3n) is 1.02. The van der Waals surface area contributed by atoms with Crippen molar-refractivity contribution >= 4 is 5.91 Å². The van der Waals surface area contributed by atoms with Crippen LogP contribution in [0.3, 0.4) is 0 Å². The average molecular weight is 125 g/mol. The van der Waals surface area contributed by atoms with Gasteiger partial charge in [-0.1, -0.05) is 13.2 Å². The minimum absolute atomic E-state index is 0.104. The number of carbonyl (C=O) groups is 1. The summed E-state index contributed by atoms with van der Waals surface area (Å²) in [5.74, 6) is -0.104. The van der Waals surface area contributed by atoms with Crippen molar-refractivity contribution in [3.8, 4) is 0 Å². The predicted molar refractivity (Wildman–Crippen MR) is 37.8 cm³/mol. The zero-order chi connectivity index (χ0) is 7.28. The molecule has 0 N–H and O–H groups in total. The quantitative estimate of drug-likeness (QED) is 0.518. The molecule has 0 heterocycles. The molecule has 0 aliphatic heterocycles. The molecule has 0 radical (unpaired) electrons. The van der Waals surface area contributed by atoms with E-state index in [1.165, 1.54) is 17.2 Å². The van der Waals surface area contributed by atoms with Crippen LogP contribution in [-0.4, -0.2) is 17.4 Å². The minimum atomic E-state index is -0.104. The lowest BCUT2D eigenvalue weighted by Gasteiger charge is -2.11. The maximum absolute atomic E-state index is 10.7. The van der Waals surface area contributed by atoms with Crippen LogP contribution in [0.4, 0.5) is 0 Å². The first-order valence-electron chi connectivity index (χ1n) is 2.81. The first-order chi connectivity index (χ1) is 4.26. The van der Waals surface area contributed by atoms with E-state index in [1.54, 1.807) is 0 Å². The third-order valence-corrected chi connectivity index (χ3v) is 1.02. The second-order valence-electron chi connectivity index (χ2n) is 1.51. The first kappa shape index (κ1) is 7.95. The van der Waals surface area contributed by atoms with Crippen LogP contribution < -0.4 is 0 Å². The Morgan fingerprint density at radius 1 is 1.67 bits per heavy atom. The Balaban J connectivity index is 3.93. The highest BCUT2D eigenvalue weighted by Crippen LogP contribution is 1.88. The summed E-state index contributed by atoms with van der Waals surface area (Å²) in [5, 5.41) is 0. The number of hydrogen-bond acceptors (Lipinski definition) is 1. The number of amides is 1. The molecule has 0 aromatic carbocycles. The van der Waals surface area contributed by atoms with E-state index in [2.05, 4.69) is 13.2 Å². The predicted octanol–water partition coefficient (Wildman–Crippen LogP) is 1.16. The van der Waals surface area contributed by atoms with Crippen LogP contribution in [0.25, 0.3) is 0 Å². The Kier molecular flexibility index (Phi) is 3.44. The van der Waals surface area contributed by atoms with Gasteiger partial charge in [-0.2, -0.15) is 0 Å². The highest BCUT2D eigenvalue weighted by Gasteiger charge is 1.99. The highest BCUT2D eigenvalue weighted by molar-refractivity contribution is 5.87. The maximum Gasteiger partial charge on any atom is 0.249 e. The fourth-order valence-corrected chi connectivity index (χ4v) is 0.492. The number of hydrogen-bond donors (Lipinski definition) is 0. The molecule has 0 aromatic rings. The van der Waals surface area contributed by atoms with E-state index in [1.807, 2.05) is 6.92 Å². The molecule has 0 spiro atoms. The van der Waals surface area contributed by atoms with Crippen molar-refractivity contribution in [3.05, 3.63) is 25.4 Å². The lowest BCUT2D eigenvalue weighted by Crippen LogP contribution is -2.22. The second-order valence-corrected chi connectivity index (χ2v) is 1.51. The van der Waals surface area contributed by atoms with E-state index in [0.717, 1.165) is 0 Å². The van der Waals surface area contributed by atoms with E-state index >= 15 is 0 Å². The van der Waals surface area contributed by atoms with Gasteiger partial charge in [0.15, 0.2) is 0 Å². The lowest BCUT2D eigenvalue weighted by atomic mass is 10.5. The number of carbonyl (C=O) groups excluding carboxylic acids is 1. The highest BCUT2D eigenvalue weighted by atomic mass is 16.2. The van der Waals surface area contributed by atoms with Crippen LogP contribution in [0.5, 0.6) is 0 Å². The van der Waals surface area contributed by atoms with Gasteiger partial charge < -0.3 is 4.90 Å². The second kappa shape index (κ2) is 3.89. The smallest absolute Gasteiger partial charge is 0.249 e.